The van der Waals surface area contributed by atoms with E-state index >= 15 is 0 Å². The summed E-state index contributed by atoms with van der Waals surface area (Å²) in [6.45, 7) is 0. The minimum absolute atomic E-state index is 0.0797. The monoisotopic (exact) mass is 314 g/mol. The molecule has 0 spiro atoms. The molecule has 120 valence electrons. The highest BCUT2D eigenvalue weighted by atomic mass is 16.4. The van der Waals surface area contributed by atoms with E-state index in [1.54, 1.807) is 12.1 Å². The number of nitrogens with one attached hydrogen (secondary N) is 2. The van der Waals surface area contributed by atoms with Crippen molar-refractivity contribution < 1.29 is 14.7 Å². The highest BCUT2D eigenvalue weighted by Gasteiger charge is 2.27. The molecule has 1 aliphatic rings. The van der Waals surface area contributed by atoms with Crippen molar-refractivity contribution in [3.05, 3.63) is 46.2 Å². The number of rotatable bonds is 3. The van der Waals surface area contributed by atoms with Crippen LogP contribution in [0.2, 0.25) is 0 Å². The van der Waals surface area contributed by atoms with Crippen LogP contribution in [0.1, 0.15) is 36.0 Å². The Labute approximate surface area is 132 Å². The van der Waals surface area contributed by atoms with Crippen molar-refractivity contribution in [2.45, 2.75) is 31.7 Å². The van der Waals surface area contributed by atoms with Crippen molar-refractivity contribution in [3.63, 3.8) is 0 Å². The smallest absolute Gasteiger partial charge is 0.306 e. The van der Waals surface area contributed by atoms with E-state index < -0.39 is 17.4 Å². The minimum Gasteiger partial charge on any atom is -0.481 e. The number of carboxylic acid groups (broad SMARTS) is 1. The number of pyridine rings is 1. The van der Waals surface area contributed by atoms with Crippen LogP contribution in [0.4, 0.5) is 0 Å². The van der Waals surface area contributed by atoms with Crippen LogP contribution in [-0.4, -0.2) is 28.0 Å². The van der Waals surface area contributed by atoms with Crippen molar-refractivity contribution in [1.82, 2.24) is 10.3 Å². The van der Waals surface area contributed by atoms with Gasteiger partial charge in [-0.2, -0.15) is 0 Å². The van der Waals surface area contributed by atoms with E-state index in [9.17, 15) is 14.4 Å². The molecule has 1 heterocycles. The number of aromatic nitrogens is 1. The zero-order valence-electron chi connectivity index (χ0n) is 12.5. The Hall–Kier alpha value is -2.63. The number of carbonyl (C=O) groups is 2. The lowest BCUT2D eigenvalue weighted by Gasteiger charge is -2.26. The first-order valence-electron chi connectivity index (χ1n) is 7.70. The summed E-state index contributed by atoms with van der Waals surface area (Å²) in [6.07, 6.45) is 2.34. The second kappa shape index (κ2) is 6.24. The molecule has 1 fully saturated rings. The first kappa shape index (κ1) is 15.3. The third-order valence-electron chi connectivity index (χ3n) is 4.41. The maximum atomic E-state index is 12.3. The molecule has 0 saturated heterocycles. The van der Waals surface area contributed by atoms with E-state index in [1.807, 2.05) is 18.2 Å². The Morgan fingerprint density at radius 1 is 1.13 bits per heavy atom. The summed E-state index contributed by atoms with van der Waals surface area (Å²) in [4.78, 5) is 38.1. The van der Waals surface area contributed by atoms with Gasteiger partial charge in [-0.15, -0.1) is 0 Å². The fourth-order valence-corrected chi connectivity index (χ4v) is 3.06. The molecule has 6 heteroatoms. The van der Waals surface area contributed by atoms with Crippen LogP contribution in [0.15, 0.2) is 35.1 Å². The fraction of sp³-hybridized carbons (Fsp3) is 0.353. The maximum Gasteiger partial charge on any atom is 0.306 e. The Morgan fingerprint density at radius 3 is 2.52 bits per heavy atom. The number of benzene rings is 1. The Balaban J connectivity index is 1.73. The summed E-state index contributed by atoms with van der Waals surface area (Å²) in [6, 6.07) is 8.79. The number of fused-ring (bicyclic) bond motifs is 1. The van der Waals surface area contributed by atoms with Crippen molar-refractivity contribution in [1.29, 1.82) is 0 Å². The van der Waals surface area contributed by atoms with Gasteiger partial charge in [0.1, 0.15) is 5.56 Å². The van der Waals surface area contributed by atoms with Crippen LogP contribution in [0.3, 0.4) is 0 Å². The molecule has 2 aromatic rings. The van der Waals surface area contributed by atoms with Gasteiger partial charge in [-0.1, -0.05) is 18.2 Å². The predicted molar refractivity (Wildman–Crippen MR) is 85.4 cm³/mol. The van der Waals surface area contributed by atoms with Gasteiger partial charge in [0, 0.05) is 11.6 Å². The summed E-state index contributed by atoms with van der Waals surface area (Å²) < 4.78 is 0. The van der Waals surface area contributed by atoms with Crippen molar-refractivity contribution >= 4 is 22.8 Å². The number of hydrogen-bond acceptors (Lipinski definition) is 3. The number of para-hydroxylation sites is 1. The van der Waals surface area contributed by atoms with E-state index in [-0.39, 0.29) is 17.5 Å². The van der Waals surface area contributed by atoms with E-state index in [0.29, 0.717) is 31.2 Å². The fourth-order valence-electron chi connectivity index (χ4n) is 3.06. The summed E-state index contributed by atoms with van der Waals surface area (Å²) in [5.74, 6) is -1.51. The van der Waals surface area contributed by atoms with Gasteiger partial charge in [0.15, 0.2) is 0 Å². The van der Waals surface area contributed by atoms with Crippen LogP contribution < -0.4 is 10.9 Å². The summed E-state index contributed by atoms with van der Waals surface area (Å²) in [5, 5.41) is 12.6. The second-order valence-electron chi connectivity index (χ2n) is 5.96. The molecular weight excluding hydrogens is 296 g/mol. The van der Waals surface area contributed by atoms with E-state index in [0.717, 1.165) is 5.39 Å². The normalized spacial score (nSPS) is 21.0. The van der Waals surface area contributed by atoms with E-state index in [2.05, 4.69) is 10.3 Å². The first-order chi connectivity index (χ1) is 11.0. The molecule has 3 rings (SSSR count). The molecule has 0 unspecified atom stereocenters. The molecule has 0 aliphatic heterocycles. The first-order valence-corrected chi connectivity index (χ1v) is 7.70. The number of aliphatic carboxylic acids is 1. The molecule has 1 aliphatic carbocycles. The molecule has 1 aromatic carbocycles. The van der Waals surface area contributed by atoms with Crippen LogP contribution in [0.5, 0.6) is 0 Å². The lowest BCUT2D eigenvalue weighted by molar-refractivity contribution is -0.142. The number of amides is 1. The van der Waals surface area contributed by atoms with Gasteiger partial charge >= 0.3 is 5.97 Å². The SMILES string of the molecule is O=C(NC1CCC(C(=O)O)CC1)c1cc2ccccc2[nH]c1=O. The van der Waals surface area contributed by atoms with Gasteiger partial charge in [0.2, 0.25) is 0 Å². The number of carboxylic acids is 1. The predicted octanol–water partition coefficient (Wildman–Crippen LogP) is 1.90. The lowest BCUT2D eigenvalue weighted by atomic mass is 9.86. The summed E-state index contributed by atoms with van der Waals surface area (Å²) >= 11 is 0. The largest absolute Gasteiger partial charge is 0.481 e. The molecular formula is C17H18N2O4. The average molecular weight is 314 g/mol. The number of hydrogen-bond donors (Lipinski definition) is 3. The number of aromatic amines is 1. The van der Waals surface area contributed by atoms with Crippen LogP contribution in [0.25, 0.3) is 10.9 Å². The standard InChI is InChI=1S/C17H18N2O4/c20-15(18-12-7-5-10(6-8-12)17(22)23)13-9-11-3-1-2-4-14(11)19-16(13)21/h1-4,9-10,12H,5-8H2,(H,18,20)(H,19,21)(H,22,23). The van der Waals surface area contributed by atoms with Crippen LogP contribution in [-0.2, 0) is 4.79 Å². The molecule has 1 saturated carbocycles. The zero-order chi connectivity index (χ0) is 16.4. The molecule has 23 heavy (non-hydrogen) atoms. The highest BCUT2D eigenvalue weighted by molar-refractivity contribution is 5.97. The van der Waals surface area contributed by atoms with Gasteiger partial charge in [-0.25, -0.2) is 0 Å². The van der Waals surface area contributed by atoms with Gasteiger partial charge < -0.3 is 15.4 Å². The van der Waals surface area contributed by atoms with Gasteiger partial charge in [-0.05, 0) is 43.2 Å². The molecule has 1 amide bonds. The number of carbonyl (C=O) groups excluding carboxylic acids is 1. The average Bonchev–Trinajstić information content (AvgIpc) is 2.54. The topological polar surface area (TPSA) is 99.3 Å². The molecule has 0 radical (unpaired) electrons. The second-order valence-corrected chi connectivity index (χ2v) is 5.96. The van der Waals surface area contributed by atoms with Crippen LogP contribution in [0, 0.1) is 5.92 Å². The van der Waals surface area contributed by atoms with E-state index in [4.69, 9.17) is 5.11 Å². The summed E-state index contributed by atoms with van der Waals surface area (Å²) in [5.41, 5.74) is 0.362. The molecule has 1 aromatic heterocycles. The quantitative estimate of drug-likeness (QED) is 0.805. The molecule has 0 bridgehead atoms. The summed E-state index contributed by atoms with van der Waals surface area (Å²) in [7, 11) is 0. The minimum atomic E-state index is -0.777. The van der Waals surface area contributed by atoms with Gasteiger partial charge in [0.25, 0.3) is 11.5 Å². The maximum absolute atomic E-state index is 12.3. The molecule has 6 nitrogen and oxygen atoms in total. The van der Waals surface area contributed by atoms with Crippen molar-refractivity contribution in [2.75, 3.05) is 0 Å². The number of H-pyrrole nitrogens is 1. The van der Waals surface area contributed by atoms with Gasteiger partial charge in [-0.3, -0.25) is 14.4 Å². The Bertz CT molecular complexity index is 804. The van der Waals surface area contributed by atoms with Crippen molar-refractivity contribution in [3.8, 4) is 0 Å². The van der Waals surface area contributed by atoms with Crippen molar-refractivity contribution in [2.24, 2.45) is 5.92 Å². The van der Waals surface area contributed by atoms with Crippen LogP contribution >= 0.6 is 0 Å². The van der Waals surface area contributed by atoms with Gasteiger partial charge in [0.05, 0.1) is 5.92 Å². The van der Waals surface area contributed by atoms with E-state index in [1.165, 1.54) is 0 Å². The zero-order valence-corrected chi connectivity index (χ0v) is 12.5. The third-order valence-corrected chi connectivity index (χ3v) is 4.41. The molecule has 0 atom stereocenters. The lowest BCUT2D eigenvalue weighted by Crippen LogP contribution is -2.40. The Kier molecular flexibility index (Phi) is 4.14. The Morgan fingerprint density at radius 2 is 1.83 bits per heavy atom. The highest BCUT2D eigenvalue weighted by Crippen LogP contribution is 2.24. The molecule has 3 N–H and O–H groups in total. The third kappa shape index (κ3) is 3.26.